The van der Waals surface area contributed by atoms with Gasteiger partial charge in [-0.3, -0.25) is 9.69 Å². The molecule has 128 valence electrons. The molecule has 0 radical (unpaired) electrons. The lowest BCUT2D eigenvalue weighted by atomic mass is 9.92. The Bertz CT molecular complexity index is 737. The summed E-state index contributed by atoms with van der Waals surface area (Å²) >= 11 is 1.82. The minimum atomic E-state index is -0.665. The van der Waals surface area contributed by atoms with E-state index in [1.165, 1.54) is 26.4 Å². The molecule has 2 atom stereocenters. The smallest absolute Gasteiger partial charge is 0.307 e. The van der Waals surface area contributed by atoms with Crippen LogP contribution in [0.25, 0.3) is 0 Å². The normalized spacial score (nSPS) is 20.0. The van der Waals surface area contributed by atoms with E-state index in [-0.39, 0.29) is 12.0 Å². The van der Waals surface area contributed by atoms with Crippen molar-refractivity contribution in [1.82, 2.24) is 4.90 Å². The van der Waals surface area contributed by atoms with Crippen LogP contribution in [0.2, 0.25) is 0 Å². The number of rotatable bonds is 4. The van der Waals surface area contributed by atoms with E-state index >= 15 is 0 Å². The SMILES string of the molecule is Cc1ccc(C)c(C(c2ccc(C)s2)N2CCCC(C(=O)O)C2)c1. The van der Waals surface area contributed by atoms with Crippen molar-refractivity contribution in [1.29, 1.82) is 0 Å². The zero-order valence-corrected chi connectivity index (χ0v) is 15.4. The van der Waals surface area contributed by atoms with Gasteiger partial charge in [0.05, 0.1) is 12.0 Å². The first-order valence-electron chi connectivity index (χ1n) is 8.56. The van der Waals surface area contributed by atoms with Crippen LogP contribution in [0.5, 0.6) is 0 Å². The maximum absolute atomic E-state index is 11.5. The number of hydrogen-bond donors (Lipinski definition) is 1. The summed E-state index contributed by atoms with van der Waals surface area (Å²) in [6.45, 7) is 7.99. The second-order valence-electron chi connectivity index (χ2n) is 6.88. The van der Waals surface area contributed by atoms with Gasteiger partial charge < -0.3 is 5.11 Å². The minimum absolute atomic E-state index is 0.158. The summed E-state index contributed by atoms with van der Waals surface area (Å²) < 4.78 is 0. The quantitative estimate of drug-likeness (QED) is 0.885. The molecule has 0 bridgehead atoms. The number of nitrogens with zero attached hydrogens (tertiary/aromatic N) is 1. The highest BCUT2D eigenvalue weighted by atomic mass is 32.1. The average Bonchev–Trinajstić information content (AvgIpc) is 2.97. The first-order chi connectivity index (χ1) is 11.5. The van der Waals surface area contributed by atoms with Gasteiger partial charge in [0.2, 0.25) is 0 Å². The van der Waals surface area contributed by atoms with Gasteiger partial charge in [-0.2, -0.15) is 0 Å². The summed E-state index contributed by atoms with van der Waals surface area (Å²) in [6, 6.07) is 11.1. The Morgan fingerprint density at radius 3 is 2.71 bits per heavy atom. The highest BCUT2D eigenvalue weighted by Gasteiger charge is 2.32. The number of carboxylic acids is 1. The lowest BCUT2D eigenvalue weighted by Crippen LogP contribution is -2.41. The number of carboxylic acid groups (broad SMARTS) is 1. The predicted molar refractivity (Wildman–Crippen MR) is 98.7 cm³/mol. The van der Waals surface area contributed by atoms with Crippen molar-refractivity contribution in [3.8, 4) is 0 Å². The van der Waals surface area contributed by atoms with Gasteiger partial charge in [-0.1, -0.05) is 23.8 Å². The molecule has 2 unspecified atom stereocenters. The van der Waals surface area contributed by atoms with Crippen LogP contribution in [-0.4, -0.2) is 29.1 Å². The Morgan fingerprint density at radius 1 is 1.25 bits per heavy atom. The van der Waals surface area contributed by atoms with E-state index in [9.17, 15) is 9.90 Å². The molecule has 0 spiro atoms. The summed E-state index contributed by atoms with van der Waals surface area (Å²) in [7, 11) is 0. The molecular weight excluding hydrogens is 318 g/mol. The van der Waals surface area contributed by atoms with Gasteiger partial charge in [-0.25, -0.2) is 0 Å². The monoisotopic (exact) mass is 343 g/mol. The number of likely N-dealkylation sites (tertiary alicyclic amines) is 1. The molecule has 1 N–H and O–H groups in total. The van der Waals surface area contributed by atoms with Crippen molar-refractivity contribution in [2.24, 2.45) is 5.92 Å². The lowest BCUT2D eigenvalue weighted by Gasteiger charge is -2.37. The fourth-order valence-electron chi connectivity index (χ4n) is 3.63. The van der Waals surface area contributed by atoms with Crippen LogP contribution in [0.4, 0.5) is 0 Å². The second kappa shape index (κ2) is 7.08. The van der Waals surface area contributed by atoms with Crippen LogP contribution in [-0.2, 0) is 4.79 Å². The van der Waals surface area contributed by atoms with E-state index in [0.717, 1.165) is 19.4 Å². The molecule has 24 heavy (non-hydrogen) atoms. The molecule has 3 rings (SSSR count). The summed E-state index contributed by atoms with van der Waals surface area (Å²) in [6.07, 6.45) is 1.73. The second-order valence-corrected chi connectivity index (χ2v) is 8.20. The van der Waals surface area contributed by atoms with Crippen LogP contribution in [0, 0.1) is 26.7 Å². The van der Waals surface area contributed by atoms with E-state index in [1.807, 2.05) is 11.3 Å². The fraction of sp³-hybridized carbons (Fsp3) is 0.450. The molecule has 1 fully saturated rings. The molecule has 2 heterocycles. The standard InChI is InChI=1S/C20H25NO2S/c1-13-6-7-14(2)17(11-13)19(18-9-8-15(3)24-18)21-10-4-5-16(12-21)20(22)23/h6-9,11,16,19H,4-5,10,12H2,1-3H3,(H,22,23). The number of aryl methyl sites for hydroxylation is 3. The van der Waals surface area contributed by atoms with E-state index in [4.69, 9.17) is 0 Å². The number of benzene rings is 1. The van der Waals surface area contributed by atoms with Crippen molar-refractivity contribution < 1.29 is 9.90 Å². The van der Waals surface area contributed by atoms with Gasteiger partial charge in [-0.15, -0.1) is 11.3 Å². The summed E-state index contributed by atoms with van der Waals surface area (Å²) in [5.41, 5.74) is 3.83. The third kappa shape index (κ3) is 3.55. The Kier molecular flexibility index (Phi) is 5.07. The Hall–Kier alpha value is -1.65. The van der Waals surface area contributed by atoms with Crippen LogP contribution < -0.4 is 0 Å². The van der Waals surface area contributed by atoms with Gasteiger partial charge >= 0.3 is 5.97 Å². The molecule has 3 nitrogen and oxygen atoms in total. The molecule has 4 heteroatoms. The van der Waals surface area contributed by atoms with E-state index < -0.39 is 5.97 Å². The average molecular weight is 343 g/mol. The van der Waals surface area contributed by atoms with E-state index in [1.54, 1.807) is 0 Å². The molecule has 1 aliphatic heterocycles. The Balaban J connectivity index is 2.02. The maximum Gasteiger partial charge on any atom is 0.307 e. The molecule has 0 aliphatic carbocycles. The number of aliphatic carboxylic acids is 1. The number of hydrogen-bond acceptors (Lipinski definition) is 3. The molecule has 2 aromatic rings. The van der Waals surface area contributed by atoms with Gasteiger partial charge in [-0.05, 0) is 63.4 Å². The maximum atomic E-state index is 11.5. The molecule has 1 aromatic heterocycles. The lowest BCUT2D eigenvalue weighted by molar-refractivity contribution is -0.143. The van der Waals surface area contributed by atoms with Gasteiger partial charge in [0.1, 0.15) is 0 Å². The first-order valence-corrected chi connectivity index (χ1v) is 9.37. The van der Waals surface area contributed by atoms with Crippen molar-refractivity contribution in [3.63, 3.8) is 0 Å². The van der Waals surface area contributed by atoms with Crippen LogP contribution in [0.3, 0.4) is 0 Å². The fourth-order valence-corrected chi connectivity index (χ4v) is 4.66. The highest BCUT2D eigenvalue weighted by molar-refractivity contribution is 7.12. The topological polar surface area (TPSA) is 40.5 Å². The zero-order valence-electron chi connectivity index (χ0n) is 14.6. The van der Waals surface area contributed by atoms with E-state index in [2.05, 4.69) is 56.0 Å². The molecular formula is C20H25NO2S. The van der Waals surface area contributed by atoms with Crippen LogP contribution >= 0.6 is 11.3 Å². The molecule has 1 saturated heterocycles. The highest BCUT2D eigenvalue weighted by Crippen LogP contribution is 2.37. The van der Waals surface area contributed by atoms with Crippen molar-refractivity contribution in [3.05, 3.63) is 56.8 Å². The predicted octanol–water partition coefficient (Wildman–Crippen LogP) is 4.56. The van der Waals surface area contributed by atoms with Gasteiger partial charge in [0.25, 0.3) is 0 Å². The van der Waals surface area contributed by atoms with Gasteiger partial charge in [0.15, 0.2) is 0 Å². The largest absolute Gasteiger partial charge is 0.481 e. The third-order valence-electron chi connectivity index (χ3n) is 4.93. The number of carbonyl (C=O) groups is 1. The van der Waals surface area contributed by atoms with Crippen molar-refractivity contribution in [2.45, 2.75) is 39.7 Å². The molecule has 0 amide bonds. The molecule has 0 saturated carbocycles. The third-order valence-corrected chi connectivity index (χ3v) is 5.98. The van der Waals surface area contributed by atoms with Crippen molar-refractivity contribution >= 4 is 17.3 Å². The van der Waals surface area contributed by atoms with Crippen LogP contribution in [0.1, 0.15) is 45.3 Å². The Morgan fingerprint density at radius 2 is 2.04 bits per heavy atom. The summed E-state index contributed by atoms with van der Waals surface area (Å²) in [5.74, 6) is -0.922. The number of piperidine rings is 1. The van der Waals surface area contributed by atoms with Crippen molar-refractivity contribution in [2.75, 3.05) is 13.1 Å². The Labute approximate surface area is 147 Å². The zero-order chi connectivity index (χ0) is 17.3. The summed E-state index contributed by atoms with van der Waals surface area (Å²) in [4.78, 5) is 16.5. The molecule has 1 aliphatic rings. The number of thiophene rings is 1. The minimum Gasteiger partial charge on any atom is -0.481 e. The van der Waals surface area contributed by atoms with Crippen LogP contribution in [0.15, 0.2) is 30.3 Å². The molecule has 1 aromatic carbocycles. The van der Waals surface area contributed by atoms with Gasteiger partial charge in [0, 0.05) is 16.3 Å². The summed E-state index contributed by atoms with van der Waals surface area (Å²) in [5, 5.41) is 9.46. The first kappa shape index (κ1) is 17.2. The van der Waals surface area contributed by atoms with E-state index in [0.29, 0.717) is 6.54 Å².